The molecule has 5 nitrogen and oxygen atoms in total. The molecule has 20 heavy (non-hydrogen) atoms. The normalized spacial score (nSPS) is 19.4. The lowest BCUT2D eigenvalue weighted by Crippen LogP contribution is -2.29. The van der Waals surface area contributed by atoms with Crippen molar-refractivity contribution in [2.45, 2.75) is 32.6 Å². The van der Waals surface area contributed by atoms with Crippen LogP contribution in [0.3, 0.4) is 0 Å². The minimum absolute atomic E-state index is 0.0273. The Morgan fingerprint density at radius 3 is 2.75 bits per heavy atom. The summed E-state index contributed by atoms with van der Waals surface area (Å²) in [5.74, 6) is 0.541. The molecular formula is C15H23N3O2. The van der Waals surface area contributed by atoms with Crippen molar-refractivity contribution in [1.29, 1.82) is 0 Å². The van der Waals surface area contributed by atoms with E-state index in [1.165, 1.54) is 0 Å². The first-order chi connectivity index (χ1) is 9.31. The van der Waals surface area contributed by atoms with Gasteiger partial charge in [-0.3, -0.25) is 4.79 Å². The van der Waals surface area contributed by atoms with Gasteiger partial charge in [-0.05, 0) is 18.6 Å². The average molecular weight is 277 g/mol. The summed E-state index contributed by atoms with van der Waals surface area (Å²) >= 11 is 0. The van der Waals surface area contributed by atoms with E-state index in [-0.39, 0.29) is 23.8 Å². The third-order valence-electron chi connectivity index (χ3n) is 3.69. The largest absolute Gasteiger partial charge is 0.396 e. The lowest BCUT2D eigenvalue weighted by atomic mass is 9.90. The summed E-state index contributed by atoms with van der Waals surface area (Å²) in [4.78, 5) is 18.6. The molecule has 0 spiro atoms. The molecule has 1 aliphatic rings. The smallest absolute Gasteiger partial charge is 0.254 e. The average Bonchev–Trinajstić information content (AvgIpc) is 2.84. The second-order valence-electron chi connectivity index (χ2n) is 6.50. The van der Waals surface area contributed by atoms with Gasteiger partial charge in [0.1, 0.15) is 5.82 Å². The maximum absolute atomic E-state index is 12.5. The van der Waals surface area contributed by atoms with E-state index in [0.29, 0.717) is 24.5 Å². The zero-order valence-corrected chi connectivity index (χ0v) is 12.4. The molecule has 3 N–H and O–H groups in total. The third-order valence-corrected chi connectivity index (χ3v) is 3.69. The topological polar surface area (TPSA) is 79.5 Å². The van der Waals surface area contributed by atoms with E-state index < -0.39 is 0 Å². The highest BCUT2D eigenvalue weighted by atomic mass is 16.3. The lowest BCUT2D eigenvalue weighted by Gasteiger charge is -2.21. The molecule has 2 heterocycles. The van der Waals surface area contributed by atoms with Crippen molar-refractivity contribution in [3.63, 3.8) is 0 Å². The molecule has 0 aromatic carbocycles. The summed E-state index contributed by atoms with van der Waals surface area (Å²) in [6.07, 6.45) is 0.856. The minimum atomic E-state index is -0.150. The van der Waals surface area contributed by atoms with Gasteiger partial charge in [0.05, 0.1) is 0 Å². The Labute approximate surface area is 119 Å². The number of nitrogen functional groups attached to an aromatic ring is 1. The minimum Gasteiger partial charge on any atom is -0.396 e. The van der Waals surface area contributed by atoms with Crippen molar-refractivity contribution in [2.75, 3.05) is 25.4 Å². The SMILES string of the molecule is CC(C)(C)c1cc(C(=O)N2CCC(CO)C2)cc(N)n1. The Balaban J connectivity index is 2.24. The van der Waals surface area contributed by atoms with Crippen LogP contribution >= 0.6 is 0 Å². The zero-order chi connectivity index (χ0) is 14.9. The first-order valence-corrected chi connectivity index (χ1v) is 6.99. The number of aliphatic hydroxyl groups is 1. The number of hydrogen-bond donors (Lipinski definition) is 2. The fourth-order valence-electron chi connectivity index (χ4n) is 2.41. The van der Waals surface area contributed by atoms with E-state index in [1.54, 1.807) is 11.0 Å². The number of aromatic nitrogens is 1. The van der Waals surface area contributed by atoms with Crippen LogP contribution in [-0.2, 0) is 5.41 Å². The molecule has 5 heteroatoms. The van der Waals surface area contributed by atoms with Crippen LogP contribution in [0.1, 0.15) is 43.2 Å². The monoisotopic (exact) mass is 277 g/mol. The molecule has 1 fully saturated rings. The molecular weight excluding hydrogens is 254 g/mol. The first kappa shape index (κ1) is 14.8. The van der Waals surface area contributed by atoms with Crippen LogP contribution in [-0.4, -0.2) is 40.6 Å². The van der Waals surface area contributed by atoms with E-state index in [1.807, 2.05) is 26.8 Å². The number of amides is 1. The molecule has 2 rings (SSSR count). The van der Waals surface area contributed by atoms with Crippen LogP contribution < -0.4 is 5.73 Å². The highest BCUT2D eigenvalue weighted by Crippen LogP contribution is 2.24. The van der Waals surface area contributed by atoms with Gasteiger partial charge >= 0.3 is 0 Å². The fourth-order valence-corrected chi connectivity index (χ4v) is 2.41. The molecule has 1 aromatic rings. The van der Waals surface area contributed by atoms with Gasteiger partial charge in [-0.15, -0.1) is 0 Å². The quantitative estimate of drug-likeness (QED) is 0.856. The van der Waals surface area contributed by atoms with Crippen LogP contribution in [0.5, 0.6) is 0 Å². The fraction of sp³-hybridized carbons (Fsp3) is 0.600. The van der Waals surface area contributed by atoms with Gasteiger partial charge < -0.3 is 15.7 Å². The lowest BCUT2D eigenvalue weighted by molar-refractivity contribution is 0.0781. The summed E-state index contributed by atoms with van der Waals surface area (Å²) in [7, 11) is 0. The molecule has 1 amide bonds. The number of nitrogens with zero attached hydrogens (tertiary/aromatic N) is 2. The predicted molar refractivity (Wildman–Crippen MR) is 78.4 cm³/mol. The Hall–Kier alpha value is -1.62. The molecule has 0 radical (unpaired) electrons. The number of anilines is 1. The summed E-state index contributed by atoms with van der Waals surface area (Å²) in [6, 6.07) is 3.45. The van der Waals surface area contributed by atoms with Gasteiger partial charge in [0.2, 0.25) is 0 Å². The van der Waals surface area contributed by atoms with E-state index in [9.17, 15) is 4.79 Å². The van der Waals surface area contributed by atoms with Crippen molar-refractivity contribution in [1.82, 2.24) is 9.88 Å². The highest BCUT2D eigenvalue weighted by molar-refractivity contribution is 5.95. The molecule has 1 aliphatic heterocycles. The predicted octanol–water partition coefficient (Wildman–Crippen LogP) is 1.42. The van der Waals surface area contributed by atoms with Gasteiger partial charge in [0, 0.05) is 42.3 Å². The number of aliphatic hydroxyl groups excluding tert-OH is 1. The Bertz CT molecular complexity index is 508. The molecule has 0 saturated carbocycles. The van der Waals surface area contributed by atoms with Gasteiger partial charge in [0.25, 0.3) is 5.91 Å². The van der Waals surface area contributed by atoms with Crippen LogP contribution in [0.4, 0.5) is 5.82 Å². The summed E-state index contributed by atoms with van der Waals surface area (Å²) in [6.45, 7) is 7.57. The number of rotatable bonds is 2. The molecule has 1 saturated heterocycles. The zero-order valence-electron chi connectivity index (χ0n) is 12.4. The molecule has 0 bridgehead atoms. The van der Waals surface area contributed by atoms with E-state index in [0.717, 1.165) is 12.1 Å². The second-order valence-corrected chi connectivity index (χ2v) is 6.50. The number of hydrogen-bond acceptors (Lipinski definition) is 4. The number of nitrogens with two attached hydrogens (primary N) is 1. The number of carbonyl (C=O) groups excluding carboxylic acids is 1. The van der Waals surface area contributed by atoms with Crippen molar-refractivity contribution in [2.24, 2.45) is 5.92 Å². The van der Waals surface area contributed by atoms with Gasteiger partial charge in [-0.25, -0.2) is 4.98 Å². The summed E-state index contributed by atoms with van der Waals surface area (Å²) < 4.78 is 0. The first-order valence-electron chi connectivity index (χ1n) is 6.99. The standard InChI is InChI=1S/C15H23N3O2/c1-15(2,3)12-6-11(7-13(16)17-12)14(20)18-5-4-10(8-18)9-19/h6-7,10,19H,4-5,8-9H2,1-3H3,(H2,16,17). The van der Waals surface area contributed by atoms with Crippen LogP contribution in [0, 0.1) is 5.92 Å². The van der Waals surface area contributed by atoms with Crippen molar-refractivity contribution in [3.05, 3.63) is 23.4 Å². The maximum Gasteiger partial charge on any atom is 0.254 e. The van der Waals surface area contributed by atoms with E-state index in [2.05, 4.69) is 4.98 Å². The van der Waals surface area contributed by atoms with Crippen molar-refractivity contribution in [3.8, 4) is 0 Å². The van der Waals surface area contributed by atoms with E-state index in [4.69, 9.17) is 10.8 Å². The van der Waals surface area contributed by atoms with Gasteiger partial charge in [-0.2, -0.15) is 0 Å². The molecule has 110 valence electrons. The molecule has 1 atom stereocenters. The maximum atomic E-state index is 12.5. The molecule has 1 aromatic heterocycles. The summed E-state index contributed by atoms with van der Waals surface area (Å²) in [5, 5.41) is 9.16. The molecule has 0 aliphatic carbocycles. The second kappa shape index (κ2) is 5.40. The van der Waals surface area contributed by atoms with Crippen LogP contribution in [0.2, 0.25) is 0 Å². The van der Waals surface area contributed by atoms with Crippen molar-refractivity contribution < 1.29 is 9.90 Å². The van der Waals surface area contributed by atoms with Gasteiger partial charge in [-0.1, -0.05) is 20.8 Å². The number of pyridine rings is 1. The van der Waals surface area contributed by atoms with Crippen LogP contribution in [0.25, 0.3) is 0 Å². The van der Waals surface area contributed by atoms with E-state index >= 15 is 0 Å². The number of likely N-dealkylation sites (tertiary alicyclic amines) is 1. The van der Waals surface area contributed by atoms with Crippen molar-refractivity contribution >= 4 is 11.7 Å². The van der Waals surface area contributed by atoms with Crippen LogP contribution in [0.15, 0.2) is 12.1 Å². The highest BCUT2D eigenvalue weighted by Gasteiger charge is 2.27. The summed E-state index contributed by atoms with van der Waals surface area (Å²) in [5.41, 5.74) is 7.08. The van der Waals surface area contributed by atoms with Gasteiger partial charge in [0.15, 0.2) is 0 Å². The molecule has 1 unspecified atom stereocenters. The number of carbonyl (C=O) groups is 1. The Kier molecular flexibility index (Phi) is 3.99. The third kappa shape index (κ3) is 3.10. The Morgan fingerprint density at radius 1 is 1.50 bits per heavy atom. The Morgan fingerprint density at radius 2 is 2.20 bits per heavy atom.